The Morgan fingerprint density at radius 2 is 1.85 bits per heavy atom. The van der Waals surface area contributed by atoms with Crippen LogP contribution in [0.25, 0.3) is 21.3 Å². The first kappa shape index (κ1) is 17.4. The Morgan fingerprint density at radius 3 is 2.63 bits per heavy atom. The Morgan fingerprint density at radius 1 is 1.07 bits per heavy atom. The maximum Gasteiger partial charge on any atom is 0.283 e. The van der Waals surface area contributed by atoms with Gasteiger partial charge in [-0.1, -0.05) is 54.1 Å². The minimum atomic E-state index is -0.148. The highest BCUT2D eigenvalue weighted by Crippen LogP contribution is 2.35. The topological polar surface area (TPSA) is 47.2 Å². The Kier molecular flexibility index (Phi) is 4.46. The van der Waals surface area contributed by atoms with Gasteiger partial charge in [0.1, 0.15) is 11.2 Å². The second-order valence-electron chi connectivity index (χ2n) is 6.58. The van der Waals surface area contributed by atoms with E-state index in [1.54, 1.807) is 6.21 Å². The van der Waals surface area contributed by atoms with Gasteiger partial charge in [-0.2, -0.15) is 9.78 Å². The number of nitrogens with zero attached hydrogens (tertiary/aromatic N) is 3. The summed E-state index contributed by atoms with van der Waals surface area (Å²) in [5.74, 6) is 0. The molecule has 4 aromatic rings. The van der Waals surface area contributed by atoms with Crippen molar-refractivity contribution in [1.82, 2.24) is 9.66 Å². The standard InChI is InChI=1S/C22H19N3OS/c1-14-9-10-15(2)18(11-14)12-24-25-13-23-21-20(22(25)26)19(16(3)27-21)17-7-5-4-6-8-17/h4-13H,1-3H3/b24-12-. The highest BCUT2D eigenvalue weighted by atomic mass is 32.1. The maximum atomic E-state index is 13.1. The van der Waals surface area contributed by atoms with Crippen molar-refractivity contribution in [2.24, 2.45) is 5.10 Å². The molecule has 0 saturated heterocycles. The van der Waals surface area contributed by atoms with Crippen molar-refractivity contribution in [2.45, 2.75) is 20.8 Å². The maximum absolute atomic E-state index is 13.1. The molecule has 2 heterocycles. The summed E-state index contributed by atoms with van der Waals surface area (Å²) in [6, 6.07) is 16.1. The Labute approximate surface area is 161 Å². The van der Waals surface area contributed by atoms with E-state index in [2.05, 4.69) is 28.3 Å². The average Bonchev–Trinajstić information content (AvgIpc) is 3.01. The van der Waals surface area contributed by atoms with Crippen molar-refractivity contribution in [1.29, 1.82) is 0 Å². The number of aryl methyl sites for hydroxylation is 3. The molecular formula is C22H19N3OS. The van der Waals surface area contributed by atoms with Crippen LogP contribution in [0.15, 0.2) is 64.8 Å². The van der Waals surface area contributed by atoms with Crippen molar-refractivity contribution in [3.63, 3.8) is 0 Å². The predicted molar refractivity (Wildman–Crippen MR) is 113 cm³/mol. The number of thiophene rings is 1. The number of aromatic nitrogens is 2. The summed E-state index contributed by atoms with van der Waals surface area (Å²) in [7, 11) is 0. The molecule has 0 aliphatic heterocycles. The van der Waals surface area contributed by atoms with Crippen molar-refractivity contribution < 1.29 is 0 Å². The molecule has 0 spiro atoms. The number of benzene rings is 2. The van der Waals surface area contributed by atoms with Gasteiger partial charge in [-0.15, -0.1) is 11.3 Å². The zero-order chi connectivity index (χ0) is 19.0. The molecule has 0 atom stereocenters. The Bertz CT molecular complexity index is 1220. The summed E-state index contributed by atoms with van der Waals surface area (Å²) in [6.07, 6.45) is 3.22. The monoisotopic (exact) mass is 373 g/mol. The highest BCUT2D eigenvalue weighted by Gasteiger charge is 2.16. The lowest BCUT2D eigenvalue weighted by atomic mass is 10.0. The molecule has 0 amide bonds. The minimum Gasteiger partial charge on any atom is -0.267 e. The van der Waals surface area contributed by atoms with E-state index >= 15 is 0 Å². The fraction of sp³-hybridized carbons (Fsp3) is 0.136. The summed E-state index contributed by atoms with van der Waals surface area (Å²) in [4.78, 5) is 19.4. The molecule has 0 N–H and O–H groups in total. The van der Waals surface area contributed by atoms with Gasteiger partial charge >= 0.3 is 0 Å². The molecule has 134 valence electrons. The first-order valence-electron chi connectivity index (χ1n) is 8.72. The van der Waals surface area contributed by atoms with E-state index in [0.29, 0.717) is 5.39 Å². The van der Waals surface area contributed by atoms with E-state index in [1.165, 1.54) is 22.3 Å². The lowest BCUT2D eigenvalue weighted by Gasteiger charge is -2.04. The zero-order valence-electron chi connectivity index (χ0n) is 15.4. The molecule has 4 nitrogen and oxygen atoms in total. The largest absolute Gasteiger partial charge is 0.283 e. The van der Waals surface area contributed by atoms with Crippen LogP contribution in [0.3, 0.4) is 0 Å². The van der Waals surface area contributed by atoms with Crippen LogP contribution in [0.5, 0.6) is 0 Å². The number of rotatable bonds is 3. The summed E-state index contributed by atoms with van der Waals surface area (Å²) in [5.41, 5.74) is 5.09. The van der Waals surface area contributed by atoms with Crippen LogP contribution >= 0.6 is 11.3 Å². The lowest BCUT2D eigenvalue weighted by molar-refractivity contribution is 0.818. The van der Waals surface area contributed by atoms with Gasteiger partial charge in [-0.25, -0.2) is 4.98 Å². The smallest absolute Gasteiger partial charge is 0.267 e. The summed E-state index contributed by atoms with van der Waals surface area (Å²) >= 11 is 1.54. The first-order chi connectivity index (χ1) is 13.0. The minimum absolute atomic E-state index is 0.148. The third-order valence-corrected chi connectivity index (χ3v) is 5.60. The quantitative estimate of drug-likeness (QED) is 0.478. The molecular weight excluding hydrogens is 354 g/mol. The van der Waals surface area contributed by atoms with Crippen LogP contribution in [0, 0.1) is 20.8 Å². The average molecular weight is 373 g/mol. The van der Waals surface area contributed by atoms with E-state index in [-0.39, 0.29) is 5.56 Å². The molecule has 2 aromatic heterocycles. The fourth-order valence-electron chi connectivity index (χ4n) is 3.15. The molecule has 4 rings (SSSR count). The second-order valence-corrected chi connectivity index (χ2v) is 7.78. The molecule has 0 unspecified atom stereocenters. The molecule has 2 aromatic carbocycles. The summed E-state index contributed by atoms with van der Waals surface area (Å²) < 4.78 is 1.32. The molecule has 5 heteroatoms. The van der Waals surface area contributed by atoms with Crippen molar-refractivity contribution in [2.75, 3.05) is 0 Å². The van der Waals surface area contributed by atoms with Gasteiger partial charge in [0.05, 0.1) is 11.6 Å². The van der Waals surface area contributed by atoms with Crippen LogP contribution in [0.4, 0.5) is 0 Å². The van der Waals surface area contributed by atoms with Crippen LogP contribution in [-0.2, 0) is 0 Å². The van der Waals surface area contributed by atoms with Crippen LogP contribution in [0.1, 0.15) is 21.6 Å². The van der Waals surface area contributed by atoms with Gasteiger partial charge < -0.3 is 0 Å². The van der Waals surface area contributed by atoms with E-state index in [4.69, 9.17) is 0 Å². The van der Waals surface area contributed by atoms with Gasteiger partial charge in [-0.3, -0.25) is 4.79 Å². The molecule has 0 fully saturated rings. The fourth-order valence-corrected chi connectivity index (χ4v) is 4.15. The van der Waals surface area contributed by atoms with Gasteiger partial charge in [0.25, 0.3) is 5.56 Å². The van der Waals surface area contributed by atoms with Crippen LogP contribution in [0.2, 0.25) is 0 Å². The van der Waals surface area contributed by atoms with Crippen molar-refractivity contribution >= 4 is 27.8 Å². The molecule has 27 heavy (non-hydrogen) atoms. The van der Waals surface area contributed by atoms with Gasteiger partial charge in [-0.05, 0) is 37.5 Å². The SMILES string of the molecule is Cc1ccc(C)c(/C=N\n2cnc3sc(C)c(-c4ccccc4)c3c2=O)c1. The summed E-state index contributed by atoms with van der Waals surface area (Å²) in [5, 5.41) is 5.02. The lowest BCUT2D eigenvalue weighted by Crippen LogP contribution is -2.17. The molecule has 0 aliphatic carbocycles. The predicted octanol–water partition coefficient (Wildman–Crippen LogP) is 4.93. The molecule has 0 aliphatic rings. The number of hydrogen-bond acceptors (Lipinski definition) is 4. The highest BCUT2D eigenvalue weighted by molar-refractivity contribution is 7.19. The van der Waals surface area contributed by atoms with E-state index in [1.807, 2.05) is 51.1 Å². The third kappa shape index (κ3) is 3.22. The van der Waals surface area contributed by atoms with Crippen molar-refractivity contribution in [3.8, 4) is 11.1 Å². The molecule has 0 saturated carbocycles. The number of fused-ring (bicyclic) bond motifs is 1. The van der Waals surface area contributed by atoms with E-state index in [9.17, 15) is 4.79 Å². The van der Waals surface area contributed by atoms with Crippen LogP contribution in [-0.4, -0.2) is 15.9 Å². The van der Waals surface area contributed by atoms with Gasteiger partial charge in [0.15, 0.2) is 0 Å². The van der Waals surface area contributed by atoms with E-state index < -0.39 is 0 Å². The normalized spacial score (nSPS) is 11.5. The van der Waals surface area contributed by atoms with Crippen molar-refractivity contribution in [3.05, 3.63) is 86.8 Å². The zero-order valence-corrected chi connectivity index (χ0v) is 16.2. The van der Waals surface area contributed by atoms with Gasteiger partial charge in [0, 0.05) is 10.4 Å². The summed E-state index contributed by atoms with van der Waals surface area (Å²) in [6.45, 7) is 6.09. The molecule has 0 radical (unpaired) electrons. The first-order valence-corrected chi connectivity index (χ1v) is 9.54. The molecule has 0 bridgehead atoms. The van der Waals surface area contributed by atoms with Gasteiger partial charge in [0.2, 0.25) is 0 Å². The number of hydrogen-bond donors (Lipinski definition) is 0. The third-order valence-electron chi connectivity index (χ3n) is 4.59. The Hall–Kier alpha value is -3.05. The second kappa shape index (κ2) is 6.93. The Balaban J connectivity index is 1.86. The van der Waals surface area contributed by atoms with Crippen LogP contribution < -0.4 is 5.56 Å². The van der Waals surface area contributed by atoms with E-state index in [0.717, 1.165) is 37.5 Å².